The zero-order chi connectivity index (χ0) is 10.8. The summed E-state index contributed by atoms with van der Waals surface area (Å²) in [4.78, 5) is 0. The molecule has 88 valence electrons. The quantitative estimate of drug-likeness (QED) is 0.778. The average molecular weight is 222 g/mol. The molecule has 1 aromatic heterocycles. The van der Waals surface area contributed by atoms with Crippen LogP contribution in [0.25, 0.3) is 0 Å². The minimum atomic E-state index is -0.0107. The summed E-state index contributed by atoms with van der Waals surface area (Å²) in [6.45, 7) is 2.39. The SMILES string of the molecule is c1nn(CCC2OCCO2)c2c1CCCC2. The molecule has 3 rings (SSSR count). The highest BCUT2D eigenvalue weighted by Gasteiger charge is 2.18. The molecule has 1 aliphatic carbocycles. The lowest BCUT2D eigenvalue weighted by Gasteiger charge is -2.15. The summed E-state index contributed by atoms with van der Waals surface area (Å²) in [5.74, 6) is 0. The van der Waals surface area contributed by atoms with E-state index in [1.807, 2.05) is 6.20 Å². The van der Waals surface area contributed by atoms with Crippen LogP contribution in [0.5, 0.6) is 0 Å². The van der Waals surface area contributed by atoms with Gasteiger partial charge in [0.15, 0.2) is 6.29 Å². The molecule has 0 aromatic carbocycles. The fourth-order valence-electron chi connectivity index (χ4n) is 2.55. The first-order valence-electron chi connectivity index (χ1n) is 6.20. The van der Waals surface area contributed by atoms with Crippen molar-refractivity contribution >= 4 is 0 Å². The molecule has 2 aliphatic rings. The number of rotatable bonds is 3. The maximum atomic E-state index is 5.43. The van der Waals surface area contributed by atoms with E-state index < -0.39 is 0 Å². The third-order valence-corrected chi connectivity index (χ3v) is 3.41. The third-order valence-electron chi connectivity index (χ3n) is 3.41. The van der Waals surface area contributed by atoms with Crippen molar-refractivity contribution in [2.45, 2.75) is 44.9 Å². The van der Waals surface area contributed by atoms with Gasteiger partial charge in [0.1, 0.15) is 0 Å². The summed E-state index contributed by atoms with van der Waals surface area (Å²) in [6, 6.07) is 0. The maximum absolute atomic E-state index is 5.43. The van der Waals surface area contributed by atoms with Crippen LogP contribution in [0.2, 0.25) is 0 Å². The number of ether oxygens (including phenoxy) is 2. The van der Waals surface area contributed by atoms with E-state index in [4.69, 9.17) is 9.47 Å². The van der Waals surface area contributed by atoms with Gasteiger partial charge in [-0.25, -0.2) is 0 Å². The minimum Gasteiger partial charge on any atom is -0.350 e. The number of aromatic nitrogens is 2. The lowest BCUT2D eigenvalue weighted by molar-refractivity contribution is -0.0497. The van der Waals surface area contributed by atoms with Gasteiger partial charge in [0.2, 0.25) is 0 Å². The molecule has 0 bridgehead atoms. The Morgan fingerprint density at radius 3 is 2.94 bits per heavy atom. The lowest BCUT2D eigenvalue weighted by atomic mass is 9.98. The summed E-state index contributed by atoms with van der Waals surface area (Å²) in [7, 11) is 0. The van der Waals surface area contributed by atoms with Crippen molar-refractivity contribution in [3.63, 3.8) is 0 Å². The number of hydrogen-bond acceptors (Lipinski definition) is 3. The van der Waals surface area contributed by atoms with E-state index in [-0.39, 0.29) is 6.29 Å². The topological polar surface area (TPSA) is 36.3 Å². The molecule has 1 aromatic rings. The van der Waals surface area contributed by atoms with Crippen LogP contribution < -0.4 is 0 Å². The van der Waals surface area contributed by atoms with Gasteiger partial charge in [0, 0.05) is 18.7 Å². The smallest absolute Gasteiger partial charge is 0.159 e. The molecule has 4 heteroatoms. The third kappa shape index (κ3) is 1.99. The fourth-order valence-corrected chi connectivity index (χ4v) is 2.55. The van der Waals surface area contributed by atoms with E-state index in [1.165, 1.54) is 36.9 Å². The first-order valence-corrected chi connectivity index (χ1v) is 6.20. The first-order chi connectivity index (χ1) is 7.93. The average Bonchev–Trinajstić information content (AvgIpc) is 2.96. The monoisotopic (exact) mass is 222 g/mol. The van der Waals surface area contributed by atoms with Crippen molar-refractivity contribution in [2.75, 3.05) is 13.2 Å². The van der Waals surface area contributed by atoms with Crippen molar-refractivity contribution in [1.29, 1.82) is 0 Å². The molecule has 0 amide bonds. The Kier molecular flexibility index (Phi) is 2.93. The highest BCUT2D eigenvalue weighted by atomic mass is 16.7. The molecule has 2 heterocycles. The number of fused-ring (bicyclic) bond motifs is 1. The zero-order valence-corrected chi connectivity index (χ0v) is 9.52. The Morgan fingerprint density at radius 1 is 1.25 bits per heavy atom. The van der Waals surface area contributed by atoms with Gasteiger partial charge in [-0.2, -0.15) is 5.10 Å². The Bertz CT molecular complexity index is 356. The molecule has 16 heavy (non-hydrogen) atoms. The number of nitrogens with zero attached hydrogens (tertiary/aromatic N) is 2. The fraction of sp³-hybridized carbons (Fsp3) is 0.750. The van der Waals surface area contributed by atoms with Crippen molar-refractivity contribution in [2.24, 2.45) is 0 Å². The van der Waals surface area contributed by atoms with Crippen molar-refractivity contribution in [1.82, 2.24) is 9.78 Å². The summed E-state index contributed by atoms with van der Waals surface area (Å²) >= 11 is 0. The summed E-state index contributed by atoms with van der Waals surface area (Å²) in [5.41, 5.74) is 2.88. The van der Waals surface area contributed by atoms with Gasteiger partial charge in [-0.15, -0.1) is 0 Å². The van der Waals surface area contributed by atoms with Gasteiger partial charge >= 0.3 is 0 Å². The van der Waals surface area contributed by atoms with Crippen LogP contribution >= 0.6 is 0 Å². The normalized spacial score (nSPS) is 21.2. The number of hydrogen-bond donors (Lipinski definition) is 0. The van der Waals surface area contributed by atoms with Gasteiger partial charge in [-0.3, -0.25) is 4.68 Å². The predicted molar refractivity (Wildman–Crippen MR) is 59.2 cm³/mol. The van der Waals surface area contributed by atoms with Crippen LogP contribution in [-0.2, 0) is 28.9 Å². The highest BCUT2D eigenvalue weighted by molar-refractivity contribution is 5.20. The van der Waals surface area contributed by atoms with Crippen LogP contribution in [0, 0.1) is 0 Å². The molecule has 0 N–H and O–H groups in total. The van der Waals surface area contributed by atoms with Crippen LogP contribution in [0.15, 0.2) is 6.20 Å². The number of aryl methyl sites for hydroxylation is 2. The van der Waals surface area contributed by atoms with Gasteiger partial charge in [0.25, 0.3) is 0 Å². The van der Waals surface area contributed by atoms with Crippen LogP contribution in [-0.4, -0.2) is 29.3 Å². The molecule has 1 aliphatic heterocycles. The Labute approximate surface area is 95.5 Å². The summed E-state index contributed by atoms with van der Waals surface area (Å²) in [6.07, 6.45) is 7.93. The van der Waals surface area contributed by atoms with Crippen molar-refractivity contribution < 1.29 is 9.47 Å². The predicted octanol–water partition coefficient (Wildman–Crippen LogP) is 1.52. The molecule has 0 atom stereocenters. The molecule has 1 fully saturated rings. The van der Waals surface area contributed by atoms with E-state index in [0.717, 1.165) is 26.2 Å². The molecular formula is C12H18N2O2. The molecule has 0 spiro atoms. The van der Waals surface area contributed by atoms with Crippen molar-refractivity contribution in [3.05, 3.63) is 17.5 Å². The van der Waals surface area contributed by atoms with E-state index in [9.17, 15) is 0 Å². The highest BCUT2D eigenvalue weighted by Crippen LogP contribution is 2.21. The Morgan fingerprint density at radius 2 is 2.06 bits per heavy atom. The molecule has 4 nitrogen and oxygen atoms in total. The van der Waals surface area contributed by atoms with Gasteiger partial charge in [0.05, 0.1) is 19.4 Å². The molecule has 0 saturated carbocycles. The van der Waals surface area contributed by atoms with E-state index >= 15 is 0 Å². The summed E-state index contributed by atoms with van der Waals surface area (Å²) in [5, 5.41) is 4.46. The van der Waals surface area contributed by atoms with E-state index in [1.54, 1.807) is 0 Å². The first kappa shape index (κ1) is 10.3. The van der Waals surface area contributed by atoms with Crippen LogP contribution in [0.3, 0.4) is 0 Å². The van der Waals surface area contributed by atoms with Gasteiger partial charge in [-0.05, 0) is 31.2 Å². The van der Waals surface area contributed by atoms with Gasteiger partial charge in [-0.1, -0.05) is 0 Å². The lowest BCUT2D eigenvalue weighted by Crippen LogP contribution is -2.15. The summed E-state index contributed by atoms with van der Waals surface area (Å²) < 4.78 is 13.0. The Balaban J connectivity index is 1.63. The van der Waals surface area contributed by atoms with Crippen LogP contribution in [0.4, 0.5) is 0 Å². The minimum absolute atomic E-state index is 0.0107. The molecular weight excluding hydrogens is 204 g/mol. The van der Waals surface area contributed by atoms with Gasteiger partial charge < -0.3 is 9.47 Å². The molecule has 0 radical (unpaired) electrons. The van der Waals surface area contributed by atoms with Crippen LogP contribution in [0.1, 0.15) is 30.5 Å². The largest absolute Gasteiger partial charge is 0.350 e. The van der Waals surface area contributed by atoms with E-state index in [2.05, 4.69) is 9.78 Å². The zero-order valence-electron chi connectivity index (χ0n) is 9.52. The molecule has 0 unspecified atom stereocenters. The second-order valence-corrected chi connectivity index (χ2v) is 4.51. The standard InChI is InChI=1S/C12H18N2O2/c1-2-4-11-10(3-1)9-13-14(11)6-5-12-15-7-8-16-12/h9,12H,1-8H2. The van der Waals surface area contributed by atoms with Crippen molar-refractivity contribution in [3.8, 4) is 0 Å². The maximum Gasteiger partial charge on any atom is 0.159 e. The van der Waals surface area contributed by atoms with E-state index in [0.29, 0.717) is 0 Å². The Hall–Kier alpha value is -0.870. The second kappa shape index (κ2) is 4.55. The molecule has 1 saturated heterocycles. The second-order valence-electron chi connectivity index (χ2n) is 4.51.